The number of hydrogen-bond donors (Lipinski definition) is 2. The van der Waals surface area contributed by atoms with E-state index in [1.54, 1.807) is 24.2 Å². The fraction of sp³-hybridized carbons (Fsp3) is 0.333. The summed E-state index contributed by atoms with van der Waals surface area (Å²) in [6, 6.07) is 6.40. The first kappa shape index (κ1) is 14.7. The molecule has 0 bridgehead atoms. The highest BCUT2D eigenvalue weighted by Crippen LogP contribution is 2.21. The maximum absolute atomic E-state index is 11.7. The molecule has 0 saturated carbocycles. The van der Waals surface area contributed by atoms with Crippen LogP contribution in [0.25, 0.3) is 0 Å². The Morgan fingerprint density at radius 3 is 2.90 bits per heavy atom. The first-order valence-electron chi connectivity index (χ1n) is 6.59. The van der Waals surface area contributed by atoms with Crippen molar-refractivity contribution in [1.82, 2.24) is 15.5 Å². The van der Waals surface area contributed by atoms with E-state index in [4.69, 9.17) is 0 Å². The molecule has 0 spiro atoms. The summed E-state index contributed by atoms with van der Waals surface area (Å²) in [5.41, 5.74) is 3.58. The maximum atomic E-state index is 11.7. The molecule has 0 atom stereocenters. The number of carbonyl (C=O) groups is 1. The topological polar surface area (TPSA) is 57.8 Å². The van der Waals surface area contributed by atoms with Crippen molar-refractivity contribution in [2.45, 2.75) is 31.7 Å². The molecule has 4 nitrogen and oxygen atoms in total. The molecule has 1 aromatic carbocycles. The van der Waals surface area contributed by atoms with Crippen LogP contribution in [-0.2, 0) is 11.3 Å². The van der Waals surface area contributed by atoms with Crippen LogP contribution >= 0.6 is 11.8 Å². The molecule has 0 saturated heterocycles. The molecule has 5 heteroatoms. The molecular weight excluding hydrogens is 270 g/mol. The normalized spacial score (nSPS) is 10.5. The molecule has 0 aliphatic carbocycles. The van der Waals surface area contributed by atoms with Gasteiger partial charge in [0.15, 0.2) is 0 Å². The highest BCUT2D eigenvalue weighted by atomic mass is 32.2. The molecular formula is C15H19N3OS. The minimum Gasteiger partial charge on any atom is -0.352 e. The lowest BCUT2D eigenvalue weighted by atomic mass is 10.1. The van der Waals surface area contributed by atoms with Gasteiger partial charge in [0, 0.05) is 35.4 Å². The number of hydrogen-bond acceptors (Lipinski definition) is 3. The van der Waals surface area contributed by atoms with Crippen molar-refractivity contribution in [2.24, 2.45) is 0 Å². The van der Waals surface area contributed by atoms with Crippen molar-refractivity contribution in [3.63, 3.8) is 0 Å². The fourth-order valence-corrected chi connectivity index (χ4v) is 2.68. The summed E-state index contributed by atoms with van der Waals surface area (Å²) in [5.74, 6) is 0.863. The van der Waals surface area contributed by atoms with Crippen molar-refractivity contribution in [1.29, 1.82) is 0 Å². The number of nitrogens with zero attached hydrogens (tertiary/aromatic N) is 1. The lowest BCUT2D eigenvalue weighted by Crippen LogP contribution is -2.22. The number of rotatable bonds is 6. The van der Waals surface area contributed by atoms with Gasteiger partial charge < -0.3 is 5.32 Å². The van der Waals surface area contributed by atoms with Crippen molar-refractivity contribution < 1.29 is 4.79 Å². The van der Waals surface area contributed by atoms with Gasteiger partial charge in [0.05, 0.1) is 6.20 Å². The maximum Gasteiger partial charge on any atom is 0.221 e. The first-order chi connectivity index (χ1) is 9.65. The molecule has 2 aromatic rings. The van der Waals surface area contributed by atoms with Crippen LogP contribution in [-0.4, -0.2) is 21.9 Å². The molecule has 0 radical (unpaired) electrons. The lowest BCUT2D eigenvalue weighted by Gasteiger charge is -2.06. The Bertz CT molecular complexity index is 567. The molecule has 2 rings (SSSR count). The molecule has 0 aliphatic heterocycles. The number of amides is 1. The van der Waals surface area contributed by atoms with Gasteiger partial charge in [0.1, 0.15) is 0 Å². The molecule has 0 unspecified atom stereocenters. The summed E-state index contributed by atoms with van der Waals surface area (Å²) in [4.78, 5) is 12.9. The van der Waals surface area contributed by atoms with E-state index >= 15 is 0 Å². The Balaban J connectivity index is 1.69. The number of thioether (sulfide) groups is 1. The predicted octanol–water partition coefficient (Wildman–Crippen LogP) is 2.83. The van der Waals surface area contributed by atoms with Crippen molar-refractivity contribution in [2.75, 3.05) is 5.75 Å². The van der Waals surface area contributed by atoms with Gasteiger partial charge in [-0.05, 0) is 37.1 Å². The minimum absolute atomic E-state index is 0.0718. The third-order valence-corrected chi connectivity index (χ3v) is 4.12. The lowest BCUT2D eigenvalue weighted by molar-refractivity contribution is -0.120. The van der Waals surface area contributed by atoms with E-state index in [0.717, 1.165) is 11.3 Å². The second-order valence-electron chi connectivity index (χ2n) is 4.73. The molecule has 0 aliphatic rings. The monoisotopic (exact) mass is 289 g/mol. The zero-order chi connectivity index (χ0) is 14.4. The van der Waals surface area contributed by atoms with E-state index in [9.17, 15) is 4.79 Å². The standard InChI is InChI=1S/C15H19N3OS/c1-11-3-4-14(7-12(11)2)20-6-5-15(19)16-8-13-9-17-18-10-13/h3-4,7,9-10H,5-6,8H2,1-2H3,(H,16,19)(H,17,18). The summed E-state index contributed by atoms with van der Waals surface area (Å²) >= 11 is 1.72. The fourth-order valence-electron chi connectivity index (χ4n) is 1.73. The van der Waals surface area contributed by atoms with Crippen LogP contribution in [0.15, 0.2) is 35.5 Å². The van der Waals surface area contributed by atoms with Gasteiger partial charge in [-0.25, -0.2) is 0 Å². The zero-order valence-electron chi connectivity index (χ0n) is 11.8. The van der Waals surface area contributed by atoms with Gasteiger partial charge >= 0.3 is 0 Å². The van der Waals surface area contributed by atoms with Crippen LogP contribution in [0.3, 0.4) is 0 Å². The quantitative estimate of drug-likeness (QED) is 0.804. The van der Waals surface area contributed by atoms with Crippen LogP contribution in [0.1, 0.15) is 23.1 Å². The summed E-state index contributed by atoms with van der Waals surface area (Å²) in [7, 11) is 0. The third-order valence-electron chi connectivity index (χ3n) is 3.12. The van der Waals surface area contributed by atoms with Crippen molar-refractivity contribution in [3.05, 3.63) is 47.3 Å². The van der Waals surface area contributed by atoms with Crippen LogP contribution in [0.4, 0.5) is 0 Å². The van der Waals surface area contributed by atoms with Crippen LogP contribution in [0.2, 0.25) is 0 Å². The van der Waals surface area contributed by atoms with Gasteiger partial charge in [0.25, 0.3) is 0 Å². The smallest absolute Gasteiger partial charge is 0.221 e. The average Bonchev–Trinajstić information content (AvgIpc) is 2.94. The SMILES string of the molecule is Cc1ccc(SCCC(=O)NCc2cn[nH]c2)cc1C. The Labute approximate surface area is 123 Å². The average molecular weight is 289 g/mol. The zero-order valence-corrected chi connectivity index (χ0v) is 12.6. The summed E-state index contributed by atoms with van der Waals surface area (Å²) < 4.78 is 0. The van der Waals surface area contributed by atoms with Crippen molar-refractivity contribution >= 4 is 17.7 Å². The molecule has 1 heterocycles. The van der Waals surface area contributed by atoms with Gasteiger partial charge in [-0.2, -0.15) is 5.10 Å². The second kappa shape index (κ2) is 7.14. The Kier molecular flexibility index (Phi) is 5.24. The molecule has 1 aromatic heterocycles. The van der Waals surface area contributed by atoms with E-state index < -0.39 is 0 Å². The molecule has 106 valence electrons. The number of nitrogens with one attached hydrogen (secondary N) is 2. The summed E-state index contributed by atoms with van der Waals surface area (Å²) in [6.07, 6.45) is 4.02. The number of carbonyl (C=O) groups excluding carboxylic acids is 1. The molecule has 20 heavy (non-hydrogen) atoms. The Morgan fingerprint density at radius 1 is 1.35 bits per heavy atom. The first-order valence-corrected chi connectivity index (χ1v) is 7.58. The van der Waals surface area contributed by atoms with E-state index in [-0.39, 0.29) is 5.91 Å². The number of H-pyrrole nitrogens is 1. The summed E-state index contributed by atoms with van der Waals surface area (Å²) in [6.45, 7) is 4.74. The van der Waals surface area contributed by atoms with E-state index in [1.165, 1.54) is 16.0 Å². The van der Waals surface area contributed by atoms with Gasteiger partial charge in [-0.1, -0.05) is 6.07 Å². The number of aryl methyl sites for hydroxylation is 2. The number of aromatic amines is 1. The predicted molar refractivity (Wildman–Crippen MR) is 81.7 cm³/mol. The van der Waals surface area contributed by atoms with E-state index in [0.29, 0.717) is 13.0 Å². The van der Waals surface area contributed by atoms with Crippen LogP contribution < -0.4 is 5.32 Å². The van der Waals surface area contributed by atoms with Gasteiger partial charge in [-0.3, -0.25) is 9.89 Å². The van der Waals surface area contributed by atoms with E-state index in [1.807, 2.05) is 0 Å². The Morgan fingerprint density at radius 2 is 2.20 bits per heavy atom. The third kappa shape index (κ3) is 4.42. The number of aromatic nitrogens is 2. The van der Waals surface area contributed by atoms with Crippen LogP contribution in [0, 0.1) is 13.8 Å². The minimum atomic E-state index is 0.0718. The van der Waals surface area contributed by atoms with Crippen molar-refractivity contribution in [3.8, 4) is 0 Å². The van der Waals surface area contributed by atoms with Crippen LogP contribution in [0.5, 0.6) is 0 Å². The molecule has 0 fully saturated rings. The molecule has 2 N–H and O–H groups in total. The van der Waals surface area contributed by atoms with E-state index in [2.05, 4.69) is 47.6 Å². The van der Waals surface area contributed by atoms with Gasteiger partial charge in [-0.15, -0.1) is 11.8 Å². The summed E-state index contributed by atoms with van der Waals surface area (Å²) in [5, 5.41) is 9.44. The largest absolute Gasteiger partial charge is 0.352 e. The highest BCUT2D eigenvalue weighted by molar-refractivity contribution is 7.99. The molecule has 1 amide bonds. The second-order valence-corrected chi connectivity index (χ2v) is 5.90. The van der Waals surface area contributed by atoms with Gasteiger partial charge in [0.2, 0.25) is 5.91 Å². The highest BCUT2D eigenvalue weighted by Gasteiger charge is 2.03. The number of benzene rings is 1. The Hall–Kier alpha value is -1.75.